The monoisotopic (exact) mass is 301 g/mol. The molecular formula is C12H13Cl2N3S. The van der Waals surface area contributed by atoms with Crippen molar-refractivity contribution in [3.8, 4) is 0 Å². The number of aromatic nitrogens is 1. The van der Waals surface area contributed by atoms with E-state index in [4.69, 9.17) is 29.0 Å². The van der Waals surface area contributed by atoms with Crippen LogP contribution in [0.5, 0.6) is 0 Å². The SMILES string of the molecule is NNC(Cc1ccc(Cl)c(Cl)c1)Cc1nccs1. The average molecular weight is 302 g/mol. The summed E-state index contributed by atoms with van der Waals surface area (Å²) in [7, 11) is 0. The lowest BCUT2D eigenvalue weighted by Crippen LogP contribution is -2.38. The van der Waals surface area contributed by atoms with Crippen molar-refractivity contribution in [3.63, 3.8) is 0 Å². The number of nitrogens with one attached hydrogen (secondary N) is 1. The zero-order valence-electron chi connectivity index (χ0n) is 9.57. The van der Waals surface area contributed by atoms with Gasteiger partial charge in [-0.05, 0) is 24.1 Å². The first-order chi connectivity index (χ1) is 8.69. The van der Waals surface area contributed by atoms with E-state index in [-0.39, 0.29) is 6.04 Å². The van der Waals surface area contributed by atoms with Crippen LogP contribution in [0.2, 0.25) is 10.0 Å². The van der Waals surface area contributed by atoms with Crippen LogP contribution in [0, 0.1) is 0 Å². The topological polar surface area (TPSA) is 50.9 Å². The first-order valence-corrected chi connectivity index (χ1v) is 7.11. The van der Waals surface area contributed by atoms with Crippen LogP contribution in [0.4, 0.5) is 0 Å². The second kappa shape index (κ2) is 6.50. The summed E-state index contributed by atoms with van der Waals surface area (Å²) in [5.74, 6) is 5.57. The maximum absolute atomic E-state index is 5.99. The van der Waals surface area contributed by atoms with Crippen molar-refractivity contribution in [2.45, 2.75) is 18.9 Å². The molecule has 2 rings (SSSR count). The van der Waals surface area contributed by atoms with Gasteiger partial charge in [0, 0.05) is 24.0 Å². The first kappa shape index (κ1) is 13.8. The van der Waals surface area contributed by atoms with Crippen LogP contribution in [0.15, 0.2) is 29.8 Å². The highest BCUT2D eigenvalue weighted by Gasteiger charge is 2.11. The van der Waals surface area contributed by atoms with Crippen molar-refractivity contribution < 1.29 is 0 Å². The number of thiazole rings is 1. The van der Waals surface area contributed by atoms with Crippen molar-refractivity contribution in [2.24, 2.45) is 5.84 Å². The molecule has 0 spiro atoms. The summed E-state index contributed by atoms with van der Waals surface area (Å²) in [5.41, 5.74) is 3.91. The van der Waals surface area contributed by atoms with Crippen LogP contribution in [-0.2, 0) is 12.8 Å². The fraction of sp³-hybridized carbons (Fsp3) is 0.250. The number of nitrogens with two attached hydrogens (primary N) is 1. The normalized spacial score (nSPS) is 12.6. The van der Waals surface area contributed by atoms with Crippen molar-refractivity contribution in [1.29, 1.82) is 0 Å². The van der Waals surface area contributed by atoms with E-state index < -0.39 is 0 Å². The molecule has 0 saturated carbocycles. The molecule has 0 radical (unpaired) electrons. The third-order valence-electron chi connectivity index (χ3n) is 2.61. The maximum atomic E-state index is 5.99. The molecule has 0 aliphatic heterocycles. The zero-order valence-corrected chi connectivity index (χ0v) is 11.9. The van der Waals surface area contributed by atoms with Gasteiger partial charge in [0.15, 0.2) is 0 Å². The van der Waals surface area contributed by atoms with E-state index in [1.54, 1.807) is 23.6 Å². The highest BCUT2D eigenvalue weighted by atomic mass is 35.5. The van der Waals surface area contributed by atoms with Gasteiger partial charge in [0.25, 0.3) is 0 Å². The molecule has 6 heteroatoms. The van der Waals surface area contributed by atoms with Gasteiger partial charge < -0.3 is 0 Å². The number of rotatable bonds is 5. The van der Waals surface area contributed by atoms with Gasteiger partial charge in [-0.3, -0.25) is 11.3 Å². The minimum Gasteiger partial charge on any atom is -0.271 e. The van der Waals surface area contributed by atoms with Crippen molar-refractivity contribution in [1.82, 2.24) is 10.4 Å². The molecule has 1 aromatic heterocycles. The predicted octanol–water partition coefficient (Wildman–Crippen LogP) is 3.07. The number of hydrogen-bond donors (Lipinski definition) is 2. The quantitative estimate of drug-likeness (QED) is 0.659. The van der Waals surface area contributed by atoms with Crippen LogP contribution in [0.1, 0.15) is 10.6 Å². The van der Waals surface area contributed by atoms with Crippen LogP contribution in [0.3, 0.4) is 0 Å². The Morgan fingerprint density at radius 3 is 2.72 bits per heavy atom. The number of benzene rings is 1. The minimum atomic E-state index is 0.133. The molecule has 0 fully saturated rings. The Bertz CT molecular complexity index is 502. The van der Waals surface area contributed by atoms with Gasteiger partial charge in [0.05, 0.1) is 15.1 Å². The van der Waals surface area contributed by atoms with Crippen LogP contribution >= 0.6 is 34.5 Å². The smallest absolute Gasteiger partial charge is 0.0940 e. The van der Waals surface area contributed by atoms with Gasteiger partial charge in [-0.1, -0.05) is 29.3 Å². The fourth-order valence-electron chi connectivity index (χ4n) is 1.71. The molecule has 1 heterocycles. The maximum Gasteiger partial charge on any atom is 0.0940 e. The molecule has 1 atom stereocenters. The Morgan fingerprint density at radius 2 is 2.11 bits per heavy atom. The summed E-state index contributed by atoms with van der Waals surface area (Å²) < 4.78 is 0. The van der Waals surface area contributed by atoms with E-state index in [0.717, 1.165) is 23.4 Å². The molecule has 1 aromatic carbocycles. The number of halogens is 2. The van der Waals surface area contributed by atoms with Crippen LogP contribution in [0.25, 0.3) is 0 Å². The summed E-state index contributed by atoms with van der Waals surface area (Å²) in [6.45, 7) is 0. The molecule has 0 bridgehead atoms. The fourth-order valence-corrected chi connectivity index (χ4v) is 2.72. The number of nitrogens with zero attached hydrogens (tertiary/aromatic N) is 1. The Hall–Kier alpha value is -0.650. The van der Waals surface area contributed by atoms with Crippen LogP contribution < -0.4 is 11.3 Å². The molecule has 3 N–H and O–H groups in total. The Labute approximate surface area is 120 Å². The lowest BCUT2D eigenvalue weighted by atomic mass is 10.0. The second-order valence-corrected chi connectivity index (χ2v) is 5.74. The van der Waals surface area contributed by atoms with E-state index >= 15 is 0 Å². The van der Waals surface area contributed by atoms with Gasteiger partial charge in [-0.15, -0.1) is 11.3 Å². The Kier molecular flexibility index (Phi) is 4.97. The molecule has 3 nitrogen and oxygen atoms in total. The third-order valence-corrected chi connectivity index (χ3v) is 4.15. The lowest BCUT2D eigenvalue weighted by Gasteiger charge is -2.14. The zero-order chi connectivity index (χ0) is 13.0. The molecule has 18 heavy (non-hydrogen) atoms. The highest BCUT2D eigenvalue weighted by Crippen LogP contribution is 2.23. The van der Waals surface area contributed by atoms with Gasteiger partial charge >= 0.3 is 0 Å². The van der Waals surface area contributed by atoms with Crippen molar-refractivity contribution in [3.05, 3.63) is 50.4 Å². The van der Waals surface area contributed by atoms with Crippen molar-refractivity contribution in [2.75, 3.05) is 0 Å². The molecule has 96 valence electrons. The molecule has 0 amide bonds. The largest absolute Gasteiger partial charge is 0.271 e. The number of hydrazine groups is 1. The van der Waals surface area contributed by atoms with Crippen LogP contribution in [-0.4, -0.2) is 11.0 Å². The van der Waals surface area contributed by atoms with Crippen molar-refractivity contribution >= 4 is 34.5 Å². The second-order valence-electron chi connectivity index (χ2n) is 3.95. The van der Waals surface area contributed by atoms with E-state index in [1.807, 2.05) is 17.5 Å². The predicted molar refractivity (Wildman–Crippen MR) is 77.1 cm³/mol. The average Bonchev–Trinajstić information content (AvgIpc) is 2.86. The summed E-state index contributed by atoms with van der Waals surface area (Å²) >= 11 is 13.5. The summed E-state index contributed by atoms with van der Waals surface area (Å²) in [6, 6.07) is 5.76. The third kappa shape index (κ3) is 3.67. The summed E-state index contributed by atoms with van der Waals surface area (Å²) in [4.78, 5) is 4.25. The molecular weight excluding hydrogens is 289 g/mol. The molecule has 0 saturated heterocycles. The Morgan fingerprint density at radius 1 is 1.28 bits per heavy atom. The number of hydrogen-bond acceptors (Lipinski definition) is 4. The van der Waals surface area contributed by atoms with Gasteiger partial charge in [-0.2, -0.15) is 0 Å². The first-order valence-electron chi connectivity index (χ1n) is 5.47. The molecule has 1 unspecified atom stereocenters. The highest BCUT2D eigenvalue weighted by molar-refractivity contribution is 7.09. The summed E-state index contributed by atoms with van der Waals surface area (Å²) in [5, 5.41) is 4.16. The molecule has 0 aliphatic carbocycles. The van der Waals surface area contributed by atoms with E-state index in [0.29, 0.717) is 10.0 Å². The minimum absolute atomic E-state index is 0.133. The van der Waals surface area contributed by atoms with Gasteiger partial charge in [-0.25, -0.2) is 4.98 Å². The molecule has 2 aromatic rings. The van der Waals surface area contributed by atoms with Gasteiger partial charge in [0.1, 0.15) is 0 Å². The molecule has 0 aliphatic rings. The summed E-state index contributed by atoms with van der Waals surface area (Å²) in [6.07, 6.45) is 3.38. The van der Waals surface area contributed by atoms with E-state index in [9.17, 15) is 0 Å². The standard InChI is InChI=1S/C12H13Cl2N3S/c13-10-2-1-8(6-11(10)14)5-9(17-15)7-12-16-3-4-18-12/h1-4,6,9,17H,5,7,15H2. The van der Waals surface area contributed by atoms with E-state index in [2.05, 4.69) is 10.4 Å². The van der Waals surface area contributed by atoms with Gasteiger partial charge in [0.2, 0.25) is 0 Å². The lowest BCUT2D eigenvalue weighted by molar-refractivity contribution is 0.521. The van der Waals surface area contributed by atoms with E-state index in [1.165, 1.54) is 0 Å². The Balaban J connectivity index is 2.03.